The first-order chi connectivity index (χ1) is 8.96. The van der Waals surface area contributed by atoms with Gasteiger partial charge in [-0.25, -0.2) is 4.79 Å². The summed E-state index contributed by atoms with van der Waals surface area (Å²) in [6.45, 7) is -1.63. The fourth-order valence-corrected chi connectivity index (χ4v) is 1.50. The van der Waals surface area contributed by atoms with Crippen molar-refractivity contribution in [3.63, 3.8) is 0 Å². The maximum Gasteiger partial charge on any atom is 0.422 e. The average molecular weight is 270 g/mol. The molecule has 0 saturated heterocycles. The second-order valence-corrected chi connectivity index (χ2v) is 3.70. The highest BCUT2D eigenvalue weighted by atomic mass is 19.4. The summed E-state index contributed by atoms with van der Waals surface area (Å²) in [6, 6.07) is 8.45. The van der Waals surface area contributed by atoms with E-state index in [0.717, 1.165) is 5.39 Å². The van der Waals surface area contributed by atoms with Crippen LogP contribution in [0.1, 0.15) is 0 Å². The van der Waals surface area contributed by atoms with Gasteiger partial charge in [0.05, 0.1) is 11.2 Å². The maximum atomic E-state index is 11.9. The Morgan fingerprint density at radius 3 is 2.74 bits per heavy atom. The Morgan fingerprint density at radius 1 is 1.26 bits per heavy atom. The lowest BCUT2D eigenvalue weighted by Crippen LogP contribution is -2.23. The number of amides is 1. The van der Waals surface area contributed by atoms with Gasteiger partial charge in [0.25, 0.3) is 0 Å². The number of aromatic nitrogens is 1. The van der Waals surface area contributed by atoms with Crippen LogP contribution in [0.3, 0.4) is 0 Å². The first-order valence-electron chi connectivity index (χ1n) is 5.30. The van der Waals surface area contributed by atoms with Crippen LogP contribution in [0.4, 0.5) is 23.7 Å². The molecular weight excluding hydrogens is 261 g/mol. The molecule has 0 aliphatic rings. The van der Waals surface area contributed by atoms with Crippen molar-refractivity contribution >= 4 is 22.7 Å². The predicted octanol–water partition coefficient (Wildman–Crippen LogP) is 3.35. The number of halogens is 3. The molecule has 0 bridgehead atoms. The van der Waals surface area contributed by atoms with Crippen molar-refractivity contribution in [2.75, 3.05) is 11.9 Å². The van der Waals surface area contributed by atoms with E-state index in [2.05, 4.69) is 15.0 Å². The lowest BCUT2D eigenvalue weighted by Gasteiger charge is -2.10. The lowest BCUT2D eigenvalue weighted by atomic mass is 10.2. The quantitative estimate of drug-likeness (QED) is 0.910. The van der Waals surface area contributed by atoms with Crippen molar-refractivity contribution in [1.29, 1.82) is 0 Å². The summed E-state index contributed by atoms with van der Waals surface area (Å²) in [5, 5.41) is 2.99. The standard InChI is InChI=1S/C12H9F3N2O2/c13-12(14,15)7-19-11(18)17-9-5-1-3-8-4-2-6-16-10(8)9/h1-6H,7H2,(H,17,18). The third kappa shape index (κ3) is 3.57. The van der Waals surface area contributed by atoms with Crippen molar-refractivity contribution in [3.05, 3.63) is 36.5 Å². The fraction of sp³-hybridized carbons (Fsp3) is 0.167. The van der Waals surface area contributed by atoms with Crippen LogP contribution in [-0.2, 0) is 4.74 Å². The molecule has 1 N–H and O–H groups in total. The Hall–Kier alpha value is -2.31. The van der Waals surface area contributed by atoms with Crippen molar-refractivity contribution in [3.8, 4) is 0 Å². The van der Waals surface area contributed by atoms with Crippen LogP contribution in [0.15, 0.2) is 36.5 Å². The van der Waals surface area contributed by atoms with Gasteiger partial charge in [0, 0.05) is 11.6 Å². The van der Waals surface area contributed by atoms with Crippen molar-refractivity contribution < 1.29 is 22.7 Å². The summed E-state index contributed by atoms with van der Waals surface area (Å²) in [7, 11) is 0. The Kier molecular flexibility index (Phi) is 3.55. The minimum Gasteiger partial charge on any atom is -0.440 e. The number of fused-ring (bicyclic) bond motifs is 1. The van der Waals surface area contributed by atoms with Crippen LogP contribution < -0.4 is 5.32 Å². The highest BCUT2D eigenvalue weighted by Crippen LogP contribution is 2.21. The molecule has 100 valence electrons. The predicted molar refractivity (Wildman–Crippen MR) is 62.8 cm³/mol. The fourth-order valence-electron chi connectivity index (χ4n) is 1.50. The van der Waals surface area contributed by atoms with E-state index in [1.165, 1.54) is 12.3 Å². The van der Waals surface area contributed by atoms with Gasteiger partial charge >= 0.3 is 12.3 Å². The number of anilines is 1. The number of carbonyl (C=O) groups is 1. The lowest BCUT2D eigenvalue weighted by molar-refractivity contribution is -0.159. The number of ether oxygens (including phenoxy) is 1. The number of rotatable bonds is 2. The molecule has 0 unspecified atom stereocenters. The third-order valence-electron chi connectivity index (χ3n) is 2.24. The summed E-state index contributed by atoms with van der Waals surface area (Å²) < 4.78 is 39.7. The summed E-state index contributed by atoms with van der Waals surface area (Å²) in [5.41, 5.74) is 0.777. The molecule has 2 rings (SSSR count). The second-order valence-electron chi connectivity index (χ2n) is 3.70. The van der Waals surface area contributed by atoms with Crippen LogP contribution in [0, 0.1) is 0 Å². The van der Waals surface area contributed by atoms with Crippen molar-refractivity contribution in [2.24, 2.45) is 0 Å². The Labute approximate surface area is 106 Å². The minimum atomic E-state index is -4.55. The van der Waals surface area contributed by atoms with E-state index >= 15 is 0 Å². The van der Waals surface area contributed by atoms with Crippen LogP contribution in [0.5, 0.6) is 0 Å². The largest absolute Gasteiger partial charge is 0.440 e. The zero-order valence-corrected chi connectivity index (χ0v) is 9.57. The molecule has 0 saturated carbocycles. The number of nitrogens with one attached hydrogen (secondary N) is 1. The normalized spacial score (nSPS) is 11.3. The van der Waals surface area contributed by atoms with Gasteiger partial charge in [0.15, 0.2) is 6.61 Å². The highest BCUT2D eigenvalue weighted by Gasteiger charge is 2.29. The maximum absolute atomic E-state index is 11.9. The van der Waals surface area contributed by atoms with Gasteiger partial charge in [-0.05, 0) is 12.1 Å². The SMILES string of the molecule is O=C(Nc1cccc2cccnc12)OCC(F)(F)F. The average Bonchev–Trinajstić information content (AvgIpc) is 2.36. The summed E-state index contributed by atoms with van der Waals surface area (Å²) in [6.07, 6.45) is -4.20. The molecule has 0 spiro atoms. The van der Waals surface area contributed by atoms with Crippen LogP contribution in [0.25, 0.3) is 10.9 Å². The zero-order valence-electron chi connectivity index (χ0n) is 9.57. The summed E-state index contributed by atoms with van der Waals surface area (Å²) in [4.78, 5) is 15.3. The van der Waals surface area contributed by atoms with Gasteiger partial charge in [-0.2, -0.15) is 13.2 Å². The molecule has 19 heavy (non-hydrogen) atoms. The molecule has 0 atom stereocenters. The highest BCUT2D eigenvalue weighted by molar-refractivity contribution is 5.97. The van der Waals surface area contributed by atoms with Gasteiger partial charge in [-0.15, -0.1) is 0 Å². The minimum absolute atomic E-state index is 0.297. The second kappa shape index (κ2) is 5.13. The molecule has 0 aliphatic carbocycles. The van der Waals surface area contributed by atoms with E-state index < -0.39 is 18.9 Å². The molecule has 0 radical (unpaired) electrons. The van der Waals surface area contributed by atoms with Crippen LogP contribution in [0.2, 0.25) is 0 Å². The van der Waals surface area contributed by atoms with Crippen molar-refractivity contribution in [1.82, 2.24) is 4.98 Å². The molecule has 1 aromatic carbocycles. The molecule has 0 fully saturated rings. The molecule has 4 nitrogen and oxygen atoms in total. The number of para-hydroxylation sites is 1. The molecular formula is C12H9F3N2O2. The van der Waals surface area contributed by atoms with Crippen molar-refractivity contribution in [2.45, 2.75) is 6.18 Å². The number of nitrogens with zero attached hydrogens (tertiary/aromatic N) is 1. The third-order valence-corrected chi connectivity index (χ3v) is 2.24. The van der Waals surface area contributed by atoms with E-state index in [9.17, 15) is 18.0 Å². The Bertz CT molecular complexity index is 594. The number of pyridine rings is 1. The van der Waals surface area contributed by atoms with Gasteiger partial charge in [0.2, 0.25) is 0 Å². The van der Waals surface area contributed by atoms with E-state index in [-0.39, 0.29) is 0 Å². The van der Waals surface area contributed by atoms with Gasteiger partial charge in [-0.1, -0.05) is 18.2 Å². The van der Waals surface area contributed by atoms with E-state index in [0.29, 0.717) is 11.2 Å². The first kappa shape index (κ1) is 13.1. The smallest absolute Gasteiger partial charge is 0.422 e. The molecule has 1 heterocycles. The number of hydrogen-bond acceptors (Lipinski definition) is 3. The molecule has 1 amide bonds. The topological polar surface area (TPSA) is 51.2 Å². The Morgan fingerprint density at radius 2 is 2.00 bits per heavy atom. The molecule has 0 aliphatic heterocycles. The Balaban J connectivity index is 2.11. The van der Waals surface area contributed by atoms with Crippen LogP contribution >= 0.6 is 0 Å². The van der Waals surface area contributed by atoms with Gasteiger partial charge < -0.3 is 4.74 Å². The van der Waals surface area contributed by atoms with E-state index in [4.69, 9.17) is 0 Å². The molecule has 7 heteroatoms. The van der Waals surface area contributed by atoms with Crippen LogP contribution in [-0.4, -0.2) is 23.9 Å². The monoisotopic (exact) mass is 270 g/mol. The summed E-state index contributed by atoms with van der Waals surface area (Å²) in [5.74, 6) is 0. The van der Waals surface area contributed by atoms with E-state index in [1.807, 2.05) is 0 Å². The first-order valence-corrected chi connectivity index (χ1v) is 5.30. The summed E-state index contributed by atoms with van der Waals surface area (Å²) >= 11 is 0. The number of carbonyl (C=O) groups excluding carboxylic acids is 1. The molecule has 1 aromatic heterocycles. The number of benzene rings is 1. The van der Waals surface area contributed by atoms with E-state index in [1.54, 1.807) is 24.3 Å². The van der Waals surface area contributed by atoms with Gasteiger partial charge in [-0.3, -0.25) is 10.3 Å². The number of hydrogen-bond donors (Lipinski definition) is 1. The van der Waals surface area contributed by atoms with Gasteiger partial charge in [0.1, 0.15) is 0 Å². The molecule has 2 aromatic rings. The number of alkyl halides is 3. The zero-order chi connectivity index (χ0) is 13.9.